The third-order valence-electron chi connectivity index (χ3n) is 17.9. The number of azo groups is 4. The fraction of sp³-hybridized carbons (Fsp3) is 0. The first-order chi connectivity index (χ1) is 49.2. The van der Waals surface area contributed by atoms with Crippen LogP contribution in [-0.2, 0) is 0 Å². The molecule has 0 atom stereocenters. The van der Waals surface area contributed by atoms with Gasteiger partial charge in [-0.1, -0.05) is 170 Å². The topological polar surface area (TPSA) is 237 Å². The summed E-state index contributed by atoms with van der Waals surface area (Å²) in [4.78, 5) is 18.9. The van der Waals surface area contributed by atoms with Crippen LogP contribution in [0.4, 0.5) is 45.5 Å². The van der Waals surface area contributed by atoms with Crippen molar-refractivity contribution in [1.29, 1.82) is 0 Å². The number of benzene rings is 12. The SMILES string of the molecule is Oc1ccc2ccccc2c1N=Nc1cccc(-c2c3nc(c(-c4cccc(N=Nc5c(O)ccc6ccccc56)c4)c4ccc([nH]4)c(-c4cccc(N=Nc5c(O)ccc6ccccc56)c4)c4nc(c(-c5cccc(N=Nc6c(O)ccc7ccccc67)c5)c5ccc2[nH]5)C=C4)C=C3)c1. The van der Waals surface area contributed by atoms with E-state index >= 15 is 0 Å². The van der Waals surface area contributed by atoms with E-state index in [9.17, 15) is 20.4 Å². The predicted molar refractivity (Wildman–Crippen MR) is 400 cm³/mol. The van der Waals surface area contributed by atoms with Crippen molar-refractivity contribution in [2.45, 2.75) is 0 Å². The van der Waals surface area contributed by atoms with Crippen molar-refractivity contribution in [3.05, 3.63) is 290 Å². The Morgan fingerprint density at radius 1 is 0.230 bits per heavy atom. The Morgan fingerprint density at radius 3 is 0.720 bits per heavy atom. The maximum Gasteiger partial charge on any atom is 0.143 e. The molecule has 0 spiro atoms. The van der Waals surface area contributed by atoms with Gasteiger partial charge in [-0.3, -0.25) is 0 Å². The smallest absolute Gasteiger partial charge is 0.143 e. The van der Waals surface area contributed by atoms with E-state index in [1.165, 1.54) is 0 Å². The minimum Gasteiger partial charge on any atom is -0.506 e. The van der Waals surface area contributed by atoms with Gasteiger partial charge in [-0.15, -0.1) is 20.5 Å². The zero-order valence-electron chi connectivity index (χ0n) is 53.0. The number of aromatic amines is 2. The van der Waals surface area contributed by atoms with Gasteiger partial charge in [-0.25, -0.2) is 9.97 Å². The van der Waals surface area contributed by atoms with Crippen LogP contribution < -0.4 is 0 Å². The Labute approximate surface area is 570 Å². The lowest BCUT2D eigenvalue weighted by Gasteiger charge is -2.08. The summed E-state index contributed by atoms with van der Waals surface area (Å²) in [5.41, 5.74) is 15.0. The molecule has 0 unspecified atom stereocenters. The molecule has 16 heteroatoms. The minimum absolute atomic E-state index is 0.00906. The monoisotopic (exact) mass is 1290 g/mol. The molecule has 0 saturated carbocycles. The van der Waals surface area contributed by atoms with Gasteiger partial charge < -0.3 is 30.4 Å². The first kappa shape index (κ1) is 59.6. The average Bonchev–Trinajstić information content (AvgIpc) is 1.58. The maximum absolute atomic E-state index is 11.1. The number of hydrogen-bond acceptors (Lipinski definition) is 14. The lowest BCUT2D eigenvalue weighted by molar-refractivity contribution is 0.476. The molecule has 100 heavy (non-hydrogen) atoms. The van der Waals surface area contributed by atoms with Crippen LogP contribution in [0.15, 0.2) is 308 Å². The Balaban J connectivity index is 0.903. The lowest BCUT2D eigenvalue weighted by Crippen LogP contribution is -1.90. The molecule has 8 bridgehead atoms. The van der Waals surface area contributed by atoms with Gasteiger partial charge in [0.15, 0.2) is 0 Å². The van der Waals surface area contributed by atoms with Gasteiger partial charge >= 0.3 is 0 Å². The van der Waals surface area contributed by atoms with Gasteiger partial charge in [0, 0.05) is 65.9 Å². The molecule has 3 aromatic heterocycles. The van der Waals surface area contributed by atoms with E-state index in [4.69, 9.17) is 30.4 Å². The molecule has 15 aromatic rings. The van der Waals surface area contributed by atoms with Gasteiger partial charge in [0.05, 0.1) is 45.5 Å². The number of H-pyrrole nitrogens is 2. The molecule has 0 amide bonds. The zero-order chi connectivity index (χ0) is 67.2. The maximum atomic E-state index is 11.1. The van der Waals surface area contributed by atoms with Crippen molar-refractivity contribution >= 4 is 135 Å². The number of fused-ring (bicyclic) bond motifs is 12. The predicted octanol–water partition coefficient (Wildman–Crippen LogP) is 24.4. The van der Waals surface area contributed by atoms with Crippen molar-refractivity contribution < 1.29 is 20.4 Å². The van der Waals surface area contributed by atoms with Crippen LogP contribution in [0.2, 0.25) is 0 Å². The first-order valence-corrected chi connectivity index (χ1v) is 32.3. The summed E-state index contributed by atoms with van der Waals surface area (Å²) in [6, 6.07) is 84.1. The fourth-order valence-electron chi connectivity index (χ4n) is 13.1. The average molecular weight is 1300 g/mol. The summed E-state index contributed by atoms with van der Waals surface area (Å²) in [5.74, 6) is 0.0362. The standard InChI is InChI=1S/C84H54N12O4/c97-73-41-29-49-13-1-5-25-61(49)81(73)93-89-57-21-9-17-53(45-57)77-65-33-35-67(85-65)78(54-18-10-22-58(46-54)90-94-82-62-26-6-2-14-50(62)30-42-74(82)98)69-37-39-71(87-69)80(56-20-12-24-60(48-56)92-96-84-64-28-8-4-16-52(64)32-44-76(84)100)72-40-38-70(88-72)79(68-36-34-66(77)86-68)55-19-11-23-59(47-55)91-95-83-63-27-7-3-15-51(63)31-43-75(83)99/h1-48,85,88,97-100H. The highest BCUT2D eigenvalue weighted by Crippen LogP contribution is 2.45. The van der Waals surface area contributed by atoms with Crippen molar-refractivity contribution in [3.8, 4) is 67.5 Å². The number of hydrogen-bond donors (Lipinski definition) is 6. The van der Waals surface area contributed by atoms with Crippen molar-refractivity contribution in [2.75, 3.05) is 0 Å². The highest BCUT2D eigenvalue weighted by atomic mass is 16.3. The largest absolute Gasteiger partial charge is 0.506 e. The van der Waals surface area contributed by atoms with Crippen LogP contribution in [0.25, 0.3) is 134 Å². The number of phenolic OH excluding ortho intramolecular Hbond substituents is 4. The van der Waals surface area contributed by atoms with Gasteiger partial charge in [-0.05, 0) is 165 Å². The van der Waals surface area contributed by atoms with Crippen LogP contribution in [0, 0.1) is 0 Å². The molecular formula is C84H54N12O4. The number of rotatable bonds is 12. The van der Waals surface area contributed by atoms with E-state index in [0.717, 1.165) is 110 Å². The van der Waals surface area contributed by atoms with E-state index in [2.05, 4.69) is 30.4 Å². The lowest BCUT2D eigenvalue weighted by atomic mass is 10.0. The van der Waals surface area contributed by atoms with Crippen LogP contribution in [-0.4, -0.2) is 40.4 Å². The summed E-state index contributed by atoms with van der Waals surface area (Å²) >= 11 is 0. The normalized spacial score (nSPS) is 12.3. The van der Waals surface area contributed by atoms with E-state index in [-0.39, 0.29) is 23.0 Å². The molecule has 2 aliphatic rings. The molecule has 12 aromatic carbocycles. The number of nitrogens with zero attached hydrogens (tertiary/aromatic N) is 10. The van der Waals surface area contributed by atoms with E-state index < -0.39 is 0 Å². The van der Waals surface area contributed by atoms with Crippen LogP contribution >= 0.6 is 0 Å². The Hall–Kier alpha value is -14.1. The van der Waals surface area contributed by atoms with Crippen LogP contribution in [0.5, 0.6) is 23.0 Å². The highest BCUT2D eigenvalue weighted by molar-refractivity contribution is 6.03. The van der Waals surface area contributed by atoms with Crippen molar-refractivity contribution in [3.63, 3.8) is 0 Å². The number of aromatic nitrogens is 4. The second-order valence-electron chi connectivity index (χ2n) is 24.1. The summed E-state index contributed by atoms with van der Waals surface area (Å²) in [6.07, 6.45) is 8.04. The Bertz CT molecular complexity index is 5520. The van der Waals surface area contributed by atoms with Crippen LogP contribution in [0.3, 0.4) is 0 Å². The first-order valence-electron chi connectivity index (χ1n) is 32.3. The van der Waals surface area contributed by atoms with Crippen molar-refractivity contribution in [1.82, 2.24) is 19.9 Å². The molecular weight excluding hydrogens is 1240 g/mol. The summed E-state index contributed by atoms with van der Waals surface area (Å²) in [6.45, 7) is 0. The summed E-state index contributed by atoms with van der Waals surface area (Å²) < 4.78 is 0. The Kier molecular flexibility index (Phi) is 15.0. The molecule has 0 fully saturated rings. The van der Waals surface area contributed by atoms with Gasteiger partial charge in [0.25, 0.3) is 0 Å². The summed E-state index contributed by atoms with van der Waals surface area (Å²) in [7, 11) is 0. The quantitative estimate of drug-likeness (QED) is 0.0650. The van der Waals surface area contributed by atoms with Gasteiger partial charge in [0.2, 0.25) is 0 Å². The Morgan fingerprint density at radius 2 is 0.470 bits per heavy atom. The molecule has 0 radical (unpaired) electrons. The molecule has 0 aliphatic carbocycles. The zero-order valence-corrected chi connectivity index (χ0v) is 53.0. The second-order valence-corrected chi connectivity index (χ2v) is 24.1. The molecule has 0 saturated heterocycles. The molecule has 17 rings (SSSR count). The third-order valence-corrected chi connectivity index (χ3v) is 17.9. The van der Waals surface area contributed by atoms with E-state index in [1.54, 1.807) is 24.3 Å². The molecule has 6 N–H and O–H groups in total. The summed E-state index contributed by atoms with van der Waals surface area (Å²) in [5, 5.41) is 88.9. The second kappa shape index (κ2) is 25.2. The minimum atomic E-state index is 0.00906. The molecule has 474 valence electrons. The van der Waals surface area contributed by atoms with Gasteiger partial charge in [-0.2, -0.15) is 20.5 Å². The van der Waals surface area contributed by atoms with Crippen molar-refractivity contribution in [2.24, 2.45) is 40.9 Å². The number of phenols is 4. The van der Waals surface area contributed by atoms with E-state index in [1.807, 2.05) is 267 Å². The van der Waals surface area contributed by atoms with Crippen LogP contribution in [0.1, 0.15) is 22.8 Å². The highest BCUT2D eigenvalue weighted by Gasteiger charge is 2.21. The third kappa shape index (κ3) is 11.3. The fourth-order valence-corrected chi connectivity index (χ4v) is 13.1. The molecule has 5 heterocycles. The van der Waals surface area contributed by atoms with Gasteiger partial charge in [0.1, 0.15) is 45.7 Å². The molecule has 2 aliphatic heterocycles. The number of nitrogens with one attached hydrogen (secondary N) is 2. The van der Waals surface area contributed by atoms with E-state index in [0.29, 0.717) is 68.3 Å². The number of aromatic hydroxyl groups is 4. The molecule has 16 nitrogen and oxygen atoms in total.